The molecule has 0 radical (unpaired) electrons. The van der Waals surface area contributed by atoms with E-state index in [-0.39, 0.29) is 11.3 Å². The van der Waals surface area contributed by atoms with E-state index in [1.54, 1.807) is 11.8 Å². The fourth-order valence-corrected chi connectivity index (χ4v) is 4.53. The molecule has 1 aromatic carbocycles. The number of rotatable bonds is 4. The predicted octanol–water partition coefficient (Wildman–Crippen LogP) is 3.36. The minimum Gasteiger partial charge on any atom is -0.325 e. The molecule has 0 spiro atoms. The summed E-state index contributed by atoms with van der Waals surface area (Å²) >= 11 is 1.77. The number of thioether (sulfide) groups is 1. The molecule has 0 N–H and O–H groups in total. The van der Waals surface area contributed by atoms with E-state index < -0.39 is 0 Å². The Morgan fingerprint density at radius 3 is 2.00 bits per heavy atom. The van der Waals surface area contributed by atoms with Crippen LogP contribution in [0.2, 0.25) is 0 Å². The Labute approximate surface area is 139 Å². The second kappa shape index (κ2) is 6.63. The first-order valence-corrected chi connectivity index (χ1v) is 8.93. The number of likely N-dealkylation sites (N-methyl/N-ethyl adjacent to an activating group) is 1. The number of benzene rings is 1. The average molecular weight is 321 g/mol. The SMILES string of the molecule is Cc1c(C)c(C)c(C2SCC(=O)N2CCN(C)C)c(C)c1C. The first-order valence-electron chi connectivity index (χ1n) is 7.88. The standard InChI is InChI=1S/C18H28N2OS/c1-11-12(2)14(4)17(15(5)13(11)3)18-20(9-8-19(6)7)16(21)10-22-18/h18H,8-10H2,1-7H3. The van der Waals surface area contributed by atoms with Gasteiger partial charge in [0.25, 0.3) is 0 Å². The van der Waals surface area contributed by atoms with E-state index in [4.69, 9.17) is 0 Å². The topological polar surface area (TPSA) is 23.6 Å². The molecule has 4 heteroatoms. The fourth-order valence-electron chi connectivity index (χ4n) is 3.14. The Kier molecular flexibility index (Phi) is 5.23. The third kappa shape index (κ3) is 3.04. The van der Waals surface area contributed by atoms with Gasteiger partial charge < -0.3 is 9.80 Å². The van der Waals surface area contributed by atoms with Crippen molar-refractivity contribution in [3.8, 4) is 0 Å². The van der Waals surface area contributed by atoms with Crippen LogP contribution in [0, 0.1) is 34.6 Å². The summed E-state index contributed by atoms with van der Waals surface area (Å²) in [5.74, 6) is 0.870. The van der Waals surface area contributed by atoms with Crippen molar-refractivity contribution in [1.82, 2.24) is 9.80 Å². The molecular weight excluding hydrogens is 292 g/mol. The molecule has 22 heavy (non-hydrogen) atoms. The summed E-state index contributed by atoms with van der Waals surface area (Å²) in [5, 5.41) is 0.172. The van der Waals surface area contributed by atoms with E-state index in [2.05, 4.69) is 58.5 Å². The van der Waals surface area contributed by atoms with Crippen LogP contribution in [0.4, 0.5) is 0 Å². The quantitative estimate of drug-likeness (QED) is 0.850. The van der Waals surface area contributed by atoms with Crippen molar-refractivity contribution in [2.45, 2.75) is 40.0 Å². The summed E-state index contributed by atoms with van der Waals surface area (Å²) in [6, 6.07) is 0. The molecule has 3 nitrogen and oxygen atoms in total. The van der Waals surface area contributed by atoms with E-state index in [9.17, 15) is 4.79 Å². The average Bonchev–Trinajstić information content (AvgIpc) is 2.82. The number of carbonyl (C=O) groups is 1. The van der Waals surface area contributed by atoms with Gasteiger partial charge in [-0.15, -0.1) is 11.8 Å². The van der Waals surface area contributed by atoms with Crippen molar-refractivity contribution >= 4 is 17.7 Å². The highest BCUT2D eigenvalue weighted by molar-refractivity contribution is 8.00. The van der Waals surface area contributed by atoms with Crippen LogP contribution in [0.5, 0.6) is 0 Å². The Hall–Kier alpha value is -1.00. The van der Waals surface area contributed by atoms with Gasteiger partial charge in [-0.25, -0.2) is 0 Å². The molecule has 0 saturated carbocycles. The second-order valence-corrected chi connectivity index (χ2v) is 7.66. The number of nitrogens with zero attached hydrogens (tertiary/aromatic N) is 2. The summed E-state index contributed by atoms with van der Waals surface area (Å²) in [6.45, 7) is 12.7. The van der Waals surface area contributed by atoms with Crippen LogP contribution < -0.4 is 0 Å². The van der Waals surface area contributed by atoms with Gasteiger partial charge in [-0.05, 0) is 82.1 Å². The highest BCUT2D eigenvalue weighted by Gasteiger charge is 2.35. The van der Waals surface area contributed by atoms with Gasteiger partial charge in [-0.3, -0.25) is 4.79 Å². The molecule has 1 fully saturated rings. The van der Waals surface area contributed by atoms with E-state index >= 15 is 0 Å². The Morgan fingerprint density at radius 1 is 1.00 bits per heavy atom. The maximum absolute atomic E-state index is 12.3. The van der Waals surface area contributed by atoms with Gasteiger partial charge >= 0.3 is 0 Å². The molecule has 1 unspecified atom stereocenters. The van der Waals surface area contributed by atoms with Gasteiger partial charge in [0.05, 0.1) is 5.75 Å². The molecule has 1 aromatic rings. The lowest BCUT2D eigenvalue weighted by atomic mass is 9.89. The van der Waals surface area contributed by atoms with Crippen molar-refractivity contribution in [3.05, 3.63) is 33.4 Å². The second-order valence-electron chi connectivity index (χ2n) is 6.59. The van der Waals surface area contributed by atoms with Crippen LogP contribution >= 0.6 is 11.8 Å². The lowest BCUT2D eigenvalue weighted by Gasteiger charge is -2.30. The molecule has 0 aromatic heterocycles. The summed E-state index contributed by atoms with van der Waals surface area (Å²) < 4.78 is 0. The number of hydrogen-bond donors (Lipinski definition) is 0. The van der Waals surface area contributed by atoms with Gasteiger partial charge in [0, 0.05) is 13.1 Å². The number of carbonyl (C=O) groups excluding carboxylic acids is 1. The Balaban J connectivity index is 2.44. The number of amides is 1. The van der Waals surface area contributed by atoms with Crippen LogP contribution in [-0.2, 0) is 4.79 Å². The Morgan fingerprint density at radius 2 is 1.50 bits per heavy atom. The zero-order chi connectivity index (χ0) is 16.6. The van der Waals surface area contributed by atoms with Crippen molar-refractivity contribution in [2.75, 3.05) is 32.9 Å². The van der Waals surface area contributed by atoms with E-state index in [1.165, 1.54) is 33.4 Å². The van der Waals surface area contributed by atoms with Gasteiger partial charge in [0.15, 0.2) is 0 Å². The summed E-state index contributed by atoms with van der Waals surface area (Å²) in [5.41, 5.74) is 8.17. The molecule has 1 amide bonds. The van der Waals surface area contributed by atoms with Gasteiger partial charge in [0.2, 0.25) is 5.91 Å². The zero-order valence-corrected chi connectivity index (χ0v) is 15.7. The van der Waals surface area contributed by atoms with Crippen molar-refractivity contribution < 1.29 is 4.79 Å². The van der Waals surface area contributed by atoms with Crippen molar-refractivity contribution in [3.63, 3.8) is 0 Å². The molecule has 122 valence electrons. The maximum atomic E-state index is 12.3. The monoisotopic (exact) mass is 320 g/mol. The lowest BCUT2D eigenvalue weighted by Crippen LogP contribution is -2.35. The normalized spacial score (nSPS) is 18.6. The highest BCUT2D eigenvalue weighted by atomic mass is 32.2. The van der Waals surface area contributed by atoms with E-state index in [0.29, 0.717) is 5.75 Å². The molecule has 2 rings (SSSR count). The van der Waals surface area contributed by atoms with Crippen LogP contribution in [0.15, 0.2) is 0 Å². The Bertz CT molecular complexity index is 566. The third-order valence-corrected chi connectivity index (χ3v) is 6.28. The maximum Gasteiger partial charge on any atom is 0.233 e. The van der Waals surface area contributed by atoms with E-state index in [1.807, 2.05) is 0 Å². The van der Waals surface area contributed by atoms with E-state index in [0.717, 1.165) is 13.1 Å². The largest absolute Gasteiger partial charge is 0.325 e. The first kappa shape index (κ1) is 17.4. The van der Waals surface area contributed by atoms with Gasteiger partial charge in [0.1, 0.15) is 5.37 Å². The smallest absolute Gasteiger partial charge is 0.233 e. The van der Waals surface area contributed by atoms with Crippen molar-refractivity contribution in [2.24, 2.45) is 0 Å². The number of hydrogen-bond acceptors (Lipinski definition) is 3. The lowest BCUT2D eigenvalue weighted by molar-refractivity contribution is -0.128. The van der Waals surface area contributed by atoms with Crippen molar-refractivity contribution in [1.29, 1.82) is 0 Å². The van der Waals surface area contributed by atoms with Gasteiger partial charge in [-0.2, -0.15) is 0 Å². The van der Waals surface area contributed by atoms with Crippen LogP contribution in [0.1, 0.15) is 38.8 Å². The summed E-state index contributed by atoms with van der Waals surface area (Å²) in [7, 11) is 4.11. The minimum atomic E-state index is 0.172. The first-order chi connectivity index (χ1) is 10.3. The zero-order valence-electron chi connectivity index (χ0n) is 14.9. The molecule has 0 aliphatic carbocycles. The minimum absolute atomic E-state index is 0.172. The predicted molar refractivity (Wildman–Crippen MR) is 95.6 cm³/mol. The molecule has 1 saturated heterocycles. The van der Waals surface area contributed by atoms with Gasteiger partial charge in [-0.1, -0.05) is 0 Å². The third-order valence-electron chi connectivity index (χ3n) is 5.06. The summed E-state index contributed by atoms with van der Waals surface area (Å²) in [4.78, 5) is 16.5. The molecule has 1 aliphatic rings. The fraction of sp³-hybridized carbons (Fsp3) is 0.611. The highest BCUT2D eigenvalue weighted by Crippen LogP contribution is 2.43. The van der Waals surface area contributed by atoms with Crippen LogP contribution in [0.3, 0.4) is 0 Å². The van der Waals surface area contributed by atoms with Crippen LogP contribution in [-0.4, -0.2) is 48.6 Å². The summed E-state index contributed by atoms with van der Waals surface area (Å²) in [6.07, 6.45) is 0. The molecule has 1 heterocycles. The van der Waals surface area contributed by atoms with Crippen LogP contribution in [0.25, 0.3) is 0 Å². The molecule has 0 bridgehead atoms. The molecule has 1 atom stereocenters. The molecule has 1 aliphatic heterocycles. The molecular formula is C18H28N2OS.